The number of carbonyl (C=O) groups is 2. The zero-order valence-electron chi connectivity index (χ0n) is 18.0. The Morgan fingerprint density at radius 2 is 1.80 bits per heavy atom. The van der Waals surface area contributed by atoms with Gasteiger partial charge in [0.05, 0.1) is 31.6 Å². The van der Waals surface area contributed by atoms with E-state index in [9.17, 15) is 35.8 Å². The van der Waals surface area contributed by atoms with Crippen molar-refractivity contribution in [2.75, 3.05) is 29.6 Å². The molecule has 3 rings (SSSR count). The minimum atomic E-state index is -4.84. The second-order valence-electron chi connectivity index (χ2n) is 7.85. The molecule has 2 amide bonds. The van der Waals surface area contributed by atoms with E-state index in [-0.39, 0.29) is 34.9 Å². The SMILES string of the molecule is CS(=O)(=NC(=O)O)c1cccc(NC(=O)c2cc(Cl)c(C(F)(F)F)cc2N2CCC(F)(F)CC2)c1. The summed E-state index contributed by atoms with van der Waals surface area (Å²) in [7, 11) is -3.35. The first-order valence-corrected chi connectivity index (χ1v) is 12.3. The number of amides is 2. The second kappa shape index (κ2) is 9.61. The number of carboxylic acid groups (broad SMARTS) is 1. The van der Waals surface area contributed by atoms with Gasteiger partial charge in [-0.3, -0.25) is 4.79 Å². The molecule has 1 atom stereocenters. The minimum Gasteiger partial charge on any atom is -0.463 e. The van der Waals surface area contributed by atoms with Gasteiger partial charge >= 0.3 is 12.3 Å². The summed E-state index contributed by atoms with van der Waals surface area (Å²) in [5.41, 5.74) is -1.67. The van der Waals surface area contributed by atoms with E-state index in [0.717, 1.165) is 12.3 Å². The van der Waals surface area contributed by atoms with Crippen molar-refractivity contribution in [3.8, 4) is 0 Å². The Hall–Kier alpha value is -2.93. The van der Waals surface area contributed by atoms with Crippen molar-refractivity contribution in [1.29, 1.82) is 0 Å². The maximum atomic E-state index is 13.6. The highest BCUT2D eigenvalue weighted by Gasteiger charge is 2.38. The van der Waals surface area contributed by atoms with Gasteiger partial charge in [-0.15, -0.1) is 4.36 Å². The van der Waals surface area contributed by atoms with Gasteiger partial charge in [-0.05, 0) is 30.3 Å². The standard InChI is InChI=1S/C21H19ClF5N3O4S/c1-35(34,29-19(32)33)13-4-2-3-12(9-13)28-18(31)14-10-16(22)15(21(25,26)27)11-17(14)30-7-5-20(23,24)6-8-30/h2-4,9-11H,5-8H2,1H3,(H,28,31)(H,32,33). The average molecular weight is 540 g/mol. The molecule has 0 saturated carbocycles. The lowest BCUT2D eigenvalue weighted by Gasteiger charge is -2.34. The Morgan fingerprint density at radius 1 is 1.17 bits per heavy atom. The van der Waals surface area contributed by atoms with E-state index >= 15 is 0 Å². The van der Waals surface area contributed by atoms with E-state index in [1.54, 1.807) is 0 Å². The largest absolute Gasteiger partial charge is 0.463 e. The number of hydrogen-bond donors (Lipinski definition) is 2. The van der Waals surface area contributed by atoms with Crippen molar-refractivity contribution in [2.24, 2.45) is 4.36 Å². The number of anilines is 2. The number of benzene rings is 2. The molecule has 0 aliphatic carbocycles. The number of alkyl halides is 5. The molecule has 1 aliphatic rings. The molecule has 2 aromatic carbocycles. The summed E-state index contributed by atoms with van der Waals surface area (Å²) in [5, 5.41) is 10.5. The molecule has 14 heteroatoms. The zero-order chi connectivity index (χ0) is 26.2. The van der Waals surface area contributed by atoms with E-state index in [2.05, 4.69) is 9.68 Å². The van der Waals surface area contributed by atoms with Crippen LogP contribution in [0, 0.1) is 0 Å². The molecular weight excluding hydrogens is 521 g/mol. The van der Waals surface area contributed by atoms with E-state index in [0.29, 0.717) is 6.07 Å². The molecule has 0 spiro atoms. The lowest BCUT2D eigenvalue weighted by molar-refractivity contribution is -0.137. The van der Waals surface area contributed by atoms with Crippen LogP contribution in [0.25, 0.3) is 0 Å². The number of hydrogen-bond acceptors (Lipinski definition) is 4. The maximum absolute atomic E-state index is 13.6. The number of rotatable bonds is 4. The molecule has 2 N–H and O–H groups in total. The van der Waals surface area contributed by atoms with Gasteiger partial charge in [0.25, 0.3) is 11.8 Å². The van der Waals surface area contributed by atoms with Crippen LogP contribution in [0.4, 0.5) is 38.1 Å². The van der Waals surface area contributed by atoms with Crippen LogP contribution in [0.1, 0.15) is 28.8 Å². The van der Waals surface area contributed by atoms with Crippen molar-refractivity contribution < 1.29 is 40.9 Å². The quantitative estimate of drug-likeness (QED) is 0.466. The number of carbonyl (C=O) groups excluding carboxylic acids is 1. The van der Waals surface area contributed by atoms with E-state index < -0.39 is 57.3 Å². The molecular formula is C21H19ClF5N3O4S. The van der Waals surface area contributed by atoms with Gasteiger partial charge in [0.15, 0.2) is 0 Å². The predicted octanol–water partition coefficient (Wildman–Crippen LogP) is 5.98. The highest BCUT2D eigenvalue weighted by atomic mass is 35.5. The Labute approximate surface area is 202 Å². The minimum absolute atomic E-state index is 0.0124. The van der Waals surface area contributed by atoms with Gasteiger partial charge in [-0.2, -0.15) is 13.2 Å². The number of nitrogens with zero attached hydrogens (tertiary/aromatic N) is 2. The third kappa shape index (κ3) is 6.40. The van der Waals surface area contributed by atoms with E-state index in [1.165, 1.54) is 29.2 Å². The molecule has 0 aromatic heterocycles. The van der Waals surface area contributed by atoms with Crippen LogP contribution in [0.15, 0.2) is 45.7 Å². The first kappa shape index (κ1) is 26.7. The third-order valence-electron chi connectivity index (χ3n) is 5.25. The Bertz CT molecular complexity index is 1280. The zero-order valence-corrected chi connectivity index (χ0v) is 19.6. The molecule has 1 saturated heterocycles. The summed E-state index contributed by atoms with van der Waals surface area (Å²) in [5.74, 6) is -3.87. The van der Waals surface area contributed by atoms with Gasteiger partial charge < -0.3 is 15.3 Å². The molecule has 1 unspecified atom stereocenters. The predicted molar refractivity (Wildman–Crippen MR) is 120 cm³/mol. The summed E-state index contributed by atoms with van der Waals surface area (Å²) in [6.07, 6.45) is -6.61. The maximum Gasteiger partial charge on any atom is 0.439 e. The summed E-state index contributed by atoms with van der Waals surface area (Å²) < 4.78 is 83.2. The number of halogens is 6. The fourth-order valence-electron chi connectivity index (χ4n) is 3.51. The second-order valence-corrected chi connectivity index (χ2v) is 10.5. The van der Waals surface area contributed by atoms with Gasteiger partial charge in [0.1, 0.15) is 0 Å². The van der Waals surface area contributed by atoms with Crippen LogP contribution in [0.5, 0.6) is 0 Å². The van der Waals surface area contributed by atoms with Crippen LogP contribution < -0.4 is 10.2 Å². The molecule has 0 radical (unpaired) electrons. The topological polar surface area (TPSA) is 99.1 Å². The lowest BCUT2D eigenvalue weighted by Crippen LogP contribution is -2.40. The molecule has 2 aromatic rings. The Balaban J connectivity index is 2.01. The third-order valence-corrected chi connectivity index (χ3v) is 7.20. The van der Waals surface area contributed by atoms with Crippen molar-refractivity contribution in [3.05, 3.63) is 52.5 Å². The van der Waals surface area contributed by atoms with Crippen LogP contribution in [-0.2, 0) is 15.9 Å². The molecule has 35 heavy (non-hydrogen) atoms. The number of piperidine rings is 1. The molecule has 1 aliphatic heterocycles. The monoisotopic (exact) mass is 539 g/mol. The highest BCUT2D eigenvalue weighted by Crippen LogP contribution is 2.40. The highest BCUT2D eigenvalue weighted by molar-refractivity contribution is 7.93. The normalized spacial score (nSPS) is 17.4. The van der Waals surface area contributed by atoms with Crippen molar-refractivity contribution >= 4 is 44.7 Å². The molecule has 190 valence electrons. The van der Waals surface area contributed by atoms with E-state index in [4.69, 9.17) is 16.7 Å². The molecule has 1 heterocycles. The van der Waals surface area contributed by atoms with Crippen LogP contribution in [0.3, 0.4) is 0 Å². The van der Waals surface area contributed by atoms with Gasteiger partial charge in [-0.1, -0.05) is 17.7 Å². The van der Waals surface area contributed by atoms with Crippen molar-refractivity contribution in [1.82, 2.24) is 0 Å². The fourth-order valence-corrected chi connectivity index (χ4v) is 4.86. The van der Waals surface area contributed by atoms with Gasteiger partial charge in [-0.25, -0.2) is 17.8 Å². The fraction of sp³-hybridized carbons (Fsp3) is 0.333. The average Bonchev–Trinajstić information content (AvgIpc) is 2.72. The first-order chi connectivity index (χ1) is 16.1. The Kier molecular flexibility index (Phi) is 7.32. The molecule has 0 bridgehead atoms. The summed E-state index contributed by atoms with van der Waals surface area (Å²) >= 11 is 5.81. The summed E-state index contributed by atoms with van der Waals surface area (Å²) in [6.45, 7) is -0.563. The van der Waals surface area contributed by atoms with Crippen molar-refractivity contribution in [2.45, 2.75) is 29.8 Å². The first-order valence-electron chi connectivity index (χ1n) is 9.99. The van der Waals surface area contributed by atoms with Crippen molar-refractivity contribution in [3.63, 3.8) is 0 Å². The van der Waals surface area contributed by atoms with E-state index in [1.807, 2.05) is 0 Å². The van der Waals surface area contributed by atoms with Crippen LogP contribution in [-0.4, -0.2) is 46.6 Å². The molecule has 7 nitrogen and oxygen atoms in total. The summed E-state index contributed by atoms with van der Waals surface area (Å²) in [6, 6.07) is 6.76. The van der Waals surface area contributed by atoms with Crippen LogP contribution >= 0.6 is 11.6 Å². The Morgan fingerprint density at radius 3 is 2.37 bits per heavy atom. The smallest absolute Gasteiger partial charge is 0.439 e. The lowest BCUT2D eigenvalue weighted by atomic mass is 10.0. The number of nitrogens with one attached hydrogen (secondary N) is 1. The van der Waals surface area contributed by atoms with Gasteiger partial charge in [0.2, 0.25) is 0 Å². The molecule has 1 fully saturated rings. The van der Waals surface area contributed by atoms with Gasteiger partial charge in [0, 0.05) is 42.8 Å². The van der Waals surface area contributed by atoms with Crippen LogP contribution in [0.2, 0.25) is 5.02 Å². The summed E-state index contributed by atoms with van der Waals surface area (Å²) in [4.78, 5) is 25.1.